The van der Waals surface area contributed by atoms with Crippen molar-refractivity contribution in [3.63, 3.8) is 0 Å². The van der Waals surface area contributed by atoms with Crippen molar-refractivity contribution in [3.05, 3.63) is 46.6 Å². The number of rotatable bonds is 7. The molecule has 2 N–H and O–H groups in total. The Morgan fingerprint density at radius 2 is 2.00 bits per heavy atom. The normalized spacial score (nSPS) is 11.6. The Bertz CT molecular complexity index is 996. The number of hydrogen-bond acceptors (Lipinski definition) is 7. The molecule has 0 aliphatic heterocycles. The highest BCUT2D eigenvalue weighted by molar-refractivity contribution is 7.18. The van der Waals surface area contributed by atoms with Crippen LogP contribution in [0.3, 0.4) is 0 Å². The molecule has 0 amide bonds. The van der Waals surface area contributed by atoms with E-state index >= 15 is 0 Å². The monoisotopic (exact) mass is 384 g/mol. The summed E-state index contributed by atoms with van der Waals surface area (Å²) in [7, 11) is 0. The molecule has 27 heavy (non-hydrogen) atoms. The largest absolute Gasteiger partial charge is 0.482 e. The van der Waals surface area contributed by atoms with E-state index < -0.39 is 5.97 Å². The van der Waals surface area contributed by atoms with Gasteiger partial charge in [-0.1, -0.05) is 6.92 Å². The van der Waals surface area contributed by atoms with Crippen LogP contribution in [-0.2, 0) is 4.79 Å². The van der Waals surface area contributed by atoms with Gasteiger partial charge in [-0.25, -0.2) is 14.8 Å². The van der Waals surface area contributed by atoms with Gasteiger partial charge in [0, 0.05) is 4.88 Å². The average molecular weight is 384 g/mol. The molecule has 0 atom stereocenters. The number of ether oxygens (including phenoxy) is 1. The van der Waals surface area contributed by atoms with Crippen LogP contribution in [0.1, 0.15) is 29.3 Å². The molecule has 0 bridgehead atoms. The van der Waals surface area contributed by atoms with Crippen molar-refractivity contribution in [1.29, 1.82) is 0 Å². The third-order valence-electron chi connectivity index (χ3n) is 4.15. The average Bonchev–Trinajstić information content (AvgIpc) is 2.96. The van der Waals surface area contributed by atoms with E-state index in [2.05, 4.69) is 34.3 Å². The number of hydrazone groups is 1. The summed E-state index contributed by atoms with van der Waals surface area (Å²) in [5.41, 5.74) is 6.02. The van der Waals surface area contributed by atoms with Gasteiger partial charge in [-0.3, -0.25) is 5.43 Å². The maximum absolute atomic E-state index is 10.6. The number of aromatic nitrogens is 2. The Hall–Kier alpha value is -3.00. The van der Waals surface area contributed by atoms with Crippen LogP contribution in [0.25, 0.3) is 10.2 Å². The molecule has 0 saturated heterocycles. The van der Waals surface area contributed by atoms with E-state index in [0.29, 0.717) is 11.6 Å². The van der Waals surface area contributed by atoms with Gasteiger partial charge in [0.15, 0.2) is 12.4 Å². The third-order valence-corrected chi connectivity index (χ3v) is 5.26. The first-order chi connectivity index (χ1) is 13.0. The van der Waals surface area contributed by atoms with E-state index in [-0.39, 0.29) is 6.61 Å². The minimum Gasteiger partial charge on any atom is -0.482 e. The van der Waals surface area contributed by atoms with Crippen LogP contribution in [0, 0.1) is 13.8 Å². The number of carboxylic acids is 1. The van der Waals surface area contributed by atoms with Crippen LogP contribution in [-0.4, -0.2) is 33.4 Å². The van der Waals surface area contributed by atoms with Gasteiger partial charge in [-0.2, -0.15) is 5.10 Å². The standard InChI is InChI=1S/C19H20N4O3S/c1-4-15(13-5-7-14(8-6-13)26-9-16(24)25)22-23-18-17-11(2)12(3)27-19(17)21-10-20-18/h5-8,10H,4,9H2,1-3H3,(H,24,25)(H,20,21,23)/b22-15-. The molecular formula is C19H20N4O3S. The van der Waals surface area contributed by atoms with Gasteiger partial charge in [0.2, 0.25) is 0 Å². The second kappa shape index (κ2) is 8.13. The Morgan fingerprint density at radius 1 is 1.26 bits per heavy atom. The Morgan fingerprint density at radius 3 is 2.67 bits per heavy atom. The van der Waals surface area contributed by atoms with Gasteiger partial charge in [0.1, 0.15) is 16.9 Å². The molecule has 0 fully saturated rings. The number of nitrogens with zero attached hydrogens (tertiary/aromatic N) is 3. The van der Waals surface area contributed by atoms with Gasteiger partial charge >= 0.3 is 5.97 Å². The summed E-state index contributed by atoms with van der Waals surface area (Å²) in [5.74, 6) is 0.190. The predicted molar refractivity (Wildman–Crippen MR) is 107 cm³/mol. The van der Waals surface area contributed by atoms with E-state index in [1.165, 1.54) is 11.2 Å². The van der Waals surface area contributed by atoms with Gasteiger partial charge in [-0.05, 0) is 55.7 Å². The Balaban J connectivity index is 1.82. The molecule has 0 aliphatic carbocycles. The first-order valence-electron chi connectivity index (χ1n) is 8.48. The second-order valence-electron chi connectivity index (χ2n) is 5.92. The van der Waals surface area contributed by atoms with Gasteiger partial charge in [0.05, 0.1) is 11.1 Å². The molecule has 0 saturated carbocycles. The number of nitrogens with one attached hydrogen (secondary N) is 1. The van der Waals surface area contributed by atoms with Crippen molar-refractivity contribution in [2.75, 3.05) is 12.0 Å². The summed E-state index contributed by atoms with van der Waals surface area (Å²) in [5, 5.41) is 14.2. The zero-order valence-corrected chi connectivity index (χ0v) is 16.1. The van der Waals surface area contributed by atoms with E-state index in [1.807, 2.05) is 19.1 Å². The smallest absolute Gasteiger partial charge is 0.341 e. The van der Waals surface area contributed by atoms with Crippen LogP contribution in [0.5, 0.6) is 5.75 Å². The van der Waals surface area contributed by atoms with Crippen molar-refractivity contribution in [3.8, 4) is 5.75 Å². The van der Waals surface area contributed by atoms with Gasteiger partial charge in [0.25, 0.3) is 0 Å². The fourth-order valence-electron chi connectivity index (χ4n) is 2.62. The van der Waals surface area contributed by atoms with Crippen molar-refractivity contribution in [1.82, 2.24) is 9.97 Å². The van der Waals surface area contributed by atoms with E-state index in [0.717, 1.165) is 33.5 Å². The molecule has 0 spiro atoms. The molecule has 7 nitrogen and oxygen atoms in total. The second-order valence-corrected chi connectivity index (χ2v) is 7.12. The lowest BCUT2D eigenvalue weighted by molar-refractivity contribution is -0.139. The summed E-state index contributed by atoms with van der Waals surface area (Å²) >= 11 is 1.64. The Labute approximate surface area is 160 Å². The van der Waals surface area contributed by atoms with E-state index in [1.54, 1.807) is 23.5 Å². The molecule has 0 radical (unpaired) electrons. The molecule has 140 valence electrons. The molecule has 8 heteroatoms. The van der Waals surface area contributed by atoms with E-state index in [4.69, 9.17) is 9.84 Å². The van der Waals surface area contributed by atoms with Crippen LogP contribution in [0.2, 0.25) is 0 Å². The zero-order valence-electron chi connectivity index (χ0n) is 15.3. The molecule has 2 aromatic heterocycles. The molecule has 2 heterocycles. The molecular weight excluding hydrogens is 364 g/mol. The maximum atomic E-state index is 10.6. The van der Waals surface area contributed by atoms with Crippen LogP contribution >= 0.6 is 11.3 Å². The van der Waals surface area contributed by atoms with Crippen molar-refractivity contribution < 1.29 is 14.6 Å². The van der Waals surface area contributed by atoms with Crippen LogP contribution in [0.15, 0.2) is 35.7 Å². The molecule has 0 aliphatic rings. The summed E-state index contributed by atoms with van der Waals surface area (Å²) in [4.78, 5) is 21.4. The highest BCUT2D eigenvalue weighted by Gasteiger charge is 2.12. The van der Waals surface area contributed by atoms with Crippen molar-refractivity contribution in [2.45, 2.75) is 27.2 Å². The summed E-state index contributed by atoms with van der Waals surface area (Å²) in [6.45, 7) is 5.78. The third kappa shape index (κ3) is 4.22. The number of anilines is 1. The molecule has 3 aromatic rings. The van der Waals surface area contributed by atoms with Gasteiger partial charge < -0.3 is 9.84 Å². The number of benzene rings is 1. The molecule has 0 unspecified atom stereocenters. The fraction of sp³-hybridized carbons (Fsp3) is 0.263. The molecule has 1 aromatic carbocycles. The topological polar surface area (TPSA) is 96.7 Å². The Kier molecular flexibility index (Phi) is 5.66. The van der Waals surface area contributed by atoms with Crippen LogP contribution in [0.4, 0.5) is 5.82 Å². The highest BCUT2D eigenvalue weighted by atomic mass is 32.1. The van der Waals surface area contributed by atoms with Crippen molar-refractivity contribution >= 4 is 39.1 Å². The zero-order chi connectivity index (χ0) is 19.4. The first kappa shape index (κ1) is 18.8. The quantitative estimate of drug-likeness (QED) is 0.472. The SMILES string of the molecule is CC/C(=N/Nc1ncnc2sc(C)c(C)c12)c1ccc(OCC(=O)O)cc1. The number of fused-ring (bicyclic) bond motifs is 1. The number of carbonyl (C=O) groups is 1. The summed E-state index contributed by atoms with van der Waals surface area (Å²) in [6, 6.07) is 7.19. The molecule has 3 rings (SSSR count). The fourth-order valence-corrected chi connectivity index (χ4v) is 3.62. The van der Waals surface area contributed by atoms with E-state index in [9.17, 15) is 4.79 Å². The van der Waals surface area contributed by atoms with Crippen LogP contribution < -0.4 is 10.2 Å². The lowest BCUT2D eigenvalue weighted by atomic mass is 10.1. The number of hydrogen-bond donors (Lipinski definition) is 2. The minimum atomic E-state index is -1.01. The number of aliphatic carboxylic acids is 1. The number of carboxylic acid groups (broad SMARTS) is 1. The minimum absolute atomic E-state index is 0.362. The van der Waals surface area contributed by atoms with Crippen molar-refractivity contribution in [2.24, 2.45) is 5.10 Å². The predicted octanol–water partition coefficient (Wildman–Crippen LogP) is 4.00. The lowest BCUT2D eigenvalue weighted by Crippen LogP contribution is -2.09. The first-order valence-corrected chi connectivity index (χ1v) is 9.29. The van der Waals surface area contributed by atoms with Gasteiger partial charge in [-0.15, -0.1) is 11.3 Å². The summed E-state index contributed by atoms with van der Waals surface area (Å²) in [6.07, 6.45) is 2.26. The highest BCUT2D eigenvalue weighted by Crippen LogP contribution is 2.32. The number of aryl methyl sites for hydroxylation is 2. The summed E-state index contributed by atoms with van der Waals surface area (Å²) < 4.78 is 5.16. The number of thiophene rings is 1. The maximum Gasteiger partial charge on any atom is 0.341 e. The lowest BCUT2D eigenvalue weighted by Gasteiger charge is -2.08.